The molecule has 0 aromatic heterocycles. The van der Waals surface area contributed by atoms with Crippen LogP contribution in [0.15, 0.2) is 83.8 Å². The number of halogens is 1. The highest BCUT2D eigenvalue weighted by Gasteiger charge is 2.09. The van der Waals surface area contributed by atoms with Crippen molar-refractivity contribution in [2.24, 2.45) is 0 Å². The van der Waals surface area contributed by atoms with Gasteiger partial charge in [-0.2, -0.15) is 0 Å². The van der Waals surface area contributed by atoms with E-state index in [4.69, 9.17) is 4.74 Å². The average Bonchev–Trinajstić information content (AvgIpc) is 2.67. The van der Waals surface area contributed by atoms with Gasteiger partial charge in [-0.05, 0) is 29.8 Å². The Morgan fingerprint density at radius 1 is 0.923 bits per heavy atom. The molecule has 0 fully saturated rings. The van der Waals surface area contributed by atoms with Crippen LogP contribution in [0.25, 0.3) is 0 Å². The largest absolute Gasteiger partial charge is 0.481 e. The van der Waals surface area contributed by atoms with E-state index in [1.54, 1.807) is 23.9 Å². The minimum Gasteiger partial charge on any atom is -0.481 e. The van der Waals surface area contributed by atoms with Gasteiger partial charge in [-0.15, -0.1) is 11.8 Å². The average molecular weight is 367 g/mol. The van der Waals surface area contributed by atoms with Gasteiger partial charge in [0.1, 0.15) is 0 Å². The number of hydrogen-bond acceptors (Lipinski definition) is 3. The Kier molecular flexibility index (Phi) is 6.28. The maximum atomic E-state index is 13.5. The molecular formula is C21H18FNO2S. The van der Waals surface area contributed by atoms with Gasteiger partial charge in [0.2, 0.25) is 0 Å². The number of anilines is 1. The Morgan fingerprint density at radius 3 is 2.42 bits per heavy atom. The maximum Gasteiger partial charge on any atom is 0.262 e. The van der Waals surface area contributed by atoms with E-state index in [0.29, 0.717) is 0 Å². The first-order chi connectivity index (χ1) is 12.7. The number of rotatable bonds is 7. The van der Waals surface area contributed by atoms with Crippen LogP contribution in [0.2, 0.25) is 0 Å². The molecule has 3 rings (SSSR count). The zero-order valence-corrected chi connectivity index (χ0v) is 14.8. The van der Waals surface area contributed by atoms with Crippen LogP contribution in [0.1, 0.15) is 5.56 Å². The summed E-state index contributed by atoms with van der Waals surface area (Å²) in [6, 6.07) is 23.7. The topological polar surface area (TPSA) is 38.3 Å². The van der Waals surface area contributed by atoms with Crippen LogP contribution in [0, 0.1) is 5.82 Å². The Hall–Kier alpha value is -2.79. The highest BCUT2D eigenvalue weighted by molar-refractivity contribution is 7.98. The van der Waals surface area contributed by atoms with E-state index >= 15 is 0 Å². The van der Waals surface area contributed by atoms with Gasteiger partial charge in [-0.3, -0.25) is 4.79 Å². The van der Waals surface area contributed by atoms with Crippen molar-refractivity contribution >= 4 is 23.4 Å². The zero-order valence-electron chi connectivity index (χ0n) is 14.0. The van der Waals surface area contributed by atoms with Crippen molar-refractivity contribution in [3.8, 4) is 5.75 Å². The van der Waals surface area contributed by atoms with Crippen LogP contribution in [-0.4, -0.2) is 12.5 Å². The molecule has 0 saturated carbocycles. The van der Waals surface area contributed by atoms with Gasteiger partial charge in [-0.1, -0.05) is 54.6 Å². The molecule has 3 aromatic rings. The second kappa shape index (κ2) is 9.06. The number of carbonyl (C=O) groups is 1. The number of nitrogens with one attached hydrogen (secondary N) is 1. The Labute approximate surface area is 156 Å². The van der Waals surface area contributed by atoms with E-state index in [2.05, 4.69) is 17.4 Å². The van der Waals surface area contributed by atoms with Crippen LogP contribution in [0.4, 0.5) is 10.1 Å². The number of para-hydroxylation sites is 2. The number of benzene rings is 3. The van der Waals surface area contributed by atoms with Gasteiger partial charge >= 0.3 is 0 Å². The van der Waals surface area contributed by atoms with Gasteiger partial charge in [0.05, 0.1) is 5.69 Å². The number of carbonyl (C=O) groups excluding carboxylic acids is 1. The van der Waals surface area contributed by atoms with Gasteiger partial charge in [0.25, 0.3) is 5.91 Å². The molecular weight excluding hydrogens is 349 g/mol. The number of hydrogen-bond donors (Lipinski definition) is 1. The lowest BCUT2D eigenvalue weighted by Gasteiger charge is -2.12. The molecule has 1 N–H and O–H groups in total. The van der Waals surface area contributed by atoms with Crippen molar-refractivity contribution in [2.75, 3.05) is 11.9 Å². The number of amides is 1. The fourth-order valence-electron chi connectivity index (χ4n) is 2.32. The predicted octanol–water partition coefficient (Wildman–Crippen LogP) is 5.14. The lowest BCUT2D eigenvalue weighted by atomic mass is 10.2. The molecule has 1 amide bonds. The maximum absolute atomic E-state index is 13.5. The van der Waals surface area contributed by atoms with Crippen molar-refractivity contribution in [1.82, 2.24) is 0 Å². The van der Waals surface area contributed by atoms with Crippen LogP contribution >= 0.6 is 11.8 Å². The van der Waals surface area contributed by atoms with Crippen molar-refractivity contribution in [3.05, 3.63) is 90.2 Å². The van der Waals surface area contributed by atoms with Crippen molar-refractivity contribution in [2.45, 2.75) is 10.6 Å². The van der Waals surface area contributed by atoms with E-state index < -0.39 is 5.82 Å². The SMILES string of the molecule is O=C(COc1ccccc1F)Nc1ccccc1SCc1ccccc1. The first-order valence-electron chi connectivity index (χ1n) is 8.15. The summed E-state index contributed by atoms with van der Waals surface area (Å²) in [7, 11) is 0. The first-order valence-corrected chi connectivity index (χ1v) is 9.14. The number of thioether (sulfide) groups is 1. The molecule has 0 aliphatic heterocycles. The normalized spacial score (nSPS) is 10.3. The summed E-state index contributed by atoms with van der Waals surface area (Å²) < 4.78 is 18.8. The molecule has 5 heteroatoms. The van der Waals surface area contributed by atoms with Crippen molar-refractivity contribution in [1.29, 1.82) is 0 Å². The third kappa shape index (κ3) is 5.10. The summed E-state index contributed by atoms with van der Waals surface area (Å²) in [5.41, 5.74) is 1.93. The van der Waals surface area contributed by atoms with E-state index in [0.717, 1.165) is 16.3 Å². The first kappa shape index (κ1) is 18.0. The molecule has 0 heterocycles. The van der Waals surface area contributed by atoms with Gasteiger partial charge in [0, 0.05) is 10.6 Å². The second-order valence-corrected chi connectivity index (χ2v) is 6.55. The molecule has 0 radical (unpaired) electrons. The monoisotopic (exact) mass is 367 g/mol. The summed E-state index contributed by atoms with van der Waals surface area (Å²) in [6.07, 6.45) is 0. The second-order valence-electron chi connectivity index (χ2n) is 5.54. The fraction of sp³-hybridized carbons (Fsp3) is 0.0952. The molecule has 0 saturated heterocycles. The molecule has 0 aliphatic carbocycles. The lowest BCUT2D eigenvalue weighted by Crippen LogP contribution is -2.20. The summed E-state index contributed by atoms with van der Waals surface area (Å²) in [5, 5.41) is 2.83. The number of ether oxygens (including phenoxy) is 1. The molecule has 132 valence electrons. The van der Waals surface area contributed by atoms with E-state index in [1.165, 1.54) is 17.7 Å². The van der Waals surface area contributed by atoms with E-state index in [9.17, 15) is 9.18 Å². The summed E-state index contributed by atoms with van der Waals surface area (Å²) >= 11 is 1.64. The molecule has 0 spiro atoms. The van der Waals surface area contributed by atoms with E-state index in [1.807, 2.05) is 42.5 Å². The van der Waals surface area contributed by atoms with E-state index in [-0.39, 0.29) is 18.3 Å². The Morgan fingerprint density at radius 2 is 1.62 bits per heavy atom. The molecule has 3 aromatic carbocycles. The fourth-order valence-corrected chi connectivity index (χ4v) is 3.29. The minimum absolute atomic E-state index is 0.0642. The smallest absolute Gasteiger partial charge is 0.262 e. The minimum atomic E-state index is -0.487. The van der Waals surface area contributed by atoms with Crippen molar-refractivity contribution in [3.63, 3.8) is 0 Å². The van der Waals surface area contributed by atoms with Gasteiger partial charge in [0.15, 0.2) is 18.2 Å². The van der Waals surface area contributed by atoms with Crippen LogP contribution in [0.3, 0.4) is 0 Å². The standard InChI is InChI=1S/C21H18FNO2S/c22-17-10-4-6-12-19(17)25-14-21(24)23-18-11-5-7-13-20(18)26-15-16-8-2-1-3-9-16/h1-13H,14-15H2,(H,23,24). The molecule has 0 aliphatic rings. The van der Waals surface area contributed by atoms with Gasteiger partial charge in [-0.25, -0.2) is 4.39 Å². The van der Waals surface area contributed by atoms with Crippen LogP contribution < -0.4 is 10.1 Å². The van der Waals surface area contributed by atoms with Crippen LogP contribution in [-0.2, 0) is 10.5 Å². The highest BCUT2D eigenvalue weighted by atomic mass is 32.2. The molecule has 26 heavy (non-hydrogen) atoms. The molecule has 3 nitrogen and oxygen atoms in total. The summed E-state index contributed by atoms with van der Waals surface area (Å²) in [6.45, 7) is -0.251. The lowest BCUT2D eigenvalue weighted by molar-refractivity contribution is -0.118. The summed E-state index contributed by atoms with van der Waals surface area (Å²) in [5.74, 6) is 0.0499. The predicted molar refractivity (Wildman–Crippen MR) is 103 cm³/mol. The van der Waals surface area contributed by atoms with Crippen molar-refractivity contribution < 1.29 is 13.9 Å². The van der Waals surface area contributed by atoms with Crippen LogP contribution in [0.5, 0.6) is 5.75 Å². The summed E-state index contributed by atoms with van der Waals surface area (Å²) in [4.78, 5) is 13.1. The zero-order chi connectivity index (χ0) is 18.2. The molecule has 0 unspecified atom stereocenters. The highest BCUT2D eigenvalue weighted by Crippen LogP contribution is 2.29. The third-order valence-corrected chi connectivity index (χ3v) is 4.74. The Bertz CT molecular complexity index is 871. The third-order valence-electron chi connectivity index (χ3n) is 3.59. The molecule has 0 atom stereocenters. The van der Waals surface area contributed by atoms with Gasteiger partial charge < -0.3 is 10.1 Å². The quantitative estimate of drug-likeness (QED) is 0.588. The Balaban J connectivity index is 1.59. The molecule has 0 bridgehead atoms.